The molecule has 0 atom stereocenters. The van der Waals surface area contributed by atoms with E-state index in [1.54, 1.807) is 0 Å². The molecule has 0 saturated heterocycles. The van der Waals surface area contributed by atoms with Crippen molar-refractivity contribution < 1.29 is 66.9 Å². The minimum Gasteiger partial charge on any atom is -0.480 e. The van der Waals surface area contributed by atoms with Crippen molar-refractivity contribution in [2.45, 2.75) is 6.92 Å². The van der Waals surface area contributed by atoms with Gasteiger partial charge < -0.3 is 57.8 Å². The molecule has 0 bridgehead atoms. The van der Waals surface area contributed by atoms with Gasteiger partial charge in [-0.15, -0.1) is 0 Å². The van der Waals surface area contributed by atoms with Gasteiger partial charge in [0.1, 0.15) is 19.8 Å². The van der Waals surface area contributed by atoms with Crippen LogP contribution in [0.5, 0.6) is 0 Å². The molecule has 0 saturated carbocycles. The molecule has 15 heteroatoms. The summed E-state index contributed by atoms with van der Waals surface area (Å²) >= 11 is 0. The van der Waals surface area contributed by atoms with E-state index in [1.165, 1.54) is 6.92 Å². The van der Waals surface area contributed by atoms with Crippen LogP contribution in [-0.2, 0) is 61.8 Å². The van der Waals surface area contributed by atoms with Crippen LogP contribution in [0.1, 0.15) is 6.92 Å². The van der Waals surface area contributed by atoms with E-state index >= 15 is 0 Å². The van der Waals surface area contributed by atoms with E-state index in [2.05, 4.69) is 10.1 Å². The number of hydrogen-bond acceptors (Lipinski definition) is 13. The Morgan fingerprint density at radius 3 is 1.15 bits per heavy atom. The highest BCUT2D eigenvalue weighted by atomic mass is 16.6. The van der Waals surface area contributed by atoms with Crippen molar-refractivity contribution in [3.05, 3.63) is 0 Å². The molecular formula is C24H45NO14. The van der Waals surface area contributed by atoms with Gasteiger partial charge in [-0.2, -0.15) is 0 Å². The number of nitrogens with one attached hydrogen (secondary N) is 1. The smallest absolute Gasteiger partial charge is 0.329 e. The molecule has 0 aliphatic rings. The average molecular weight is 572 g/mol. The third kappa shape index (κ3) is 34.0. The minimum absolute atomic E-state index is 0.247. The van der Waals surface area contributed by atoms with Crippen LogP contribution in [0.4, 0.5) is 0 Å². The summed E-state index contributed by atoms with van der Waals surface area (Å²) in [6.07, 6.45) is 0. The molecule has 39 heavy (non-hydrogen) atoms. The van der Waals surface area contributed by atoms with Gasteiger partial charge in [-0.1, -0.05) is 0 Å². The summed E-state index contributed by atoms with van der Waals surface area (Å²) in [5.41, 5.74) is 0. The highest BCUT2D eigenvalue weighted by molar-refractivity contribution is 5.77. The standard InChI is InChI=1S/C24H45NO14/c1-22(26)39-19-18-37-17-16-36-15-14-35-13-12-34-11-10-33-9-8-32-7-6-31-5-4-30-3-2-25-23(27)20-38-21-24(28)29/h2-21H2,1H3,(H,25,27)(H,28,29). The molecule has 0 radical (unpaired) electrons. The largest absolute Gasteiger partial charge is 0.480 e. The topological polar surface area (TPSA) is 176 Å². The normalized spacial score (nSPS) is 11.0. The molecule has 2 N–H and O–H groups in total. The van der Waals surface area contributed by atoms with Gasteiger partial charge in [0, 0.05) is 13.5 Å². The van der Waals surface area contributed by atoms with Crippen molar-refractivity contribution in [2.24, 2.45) is 0 Å². The maximum atomic E-state index is 11.3. The van der Waals surface area contributed by atoms with Crippen LogP contribution in [0.25, 0.3) is 0 Å². The number of carbonyl (C=O) groups excluding carboxylic acids is 2. The van der Waals surface area contributed by atoms with Gasteiger partial charge in [0.05, 0.1) is 106 Å². The van der Waals surface area contributed by atoms with Crippen molar-refractivity contribution in [1.82, 2.24) is 5.32 Å². The van der Waals surface area contributed by atoms with E-state index in [4.69, 9.17) is 47.7 Å². The number of esters is 1. The lowest BCUT2D eigenvalue weighted by Gasteiger charge is -2.09. The highest BCUT2D eigenvalue weighted by Crippen LogP contribution is 1.86. The molecule has 0 unspecified atom stereocenters. The number of carbonyl (C=O) groups is 3. The number of amides is 1. The maximum absolute atomic E-state index is 11.3. The third-order valence-electron chi connectivity index (χ3n) is 4.16. The minimum atomic E-state index is -1.13. The average Bonchev–Trinajstić information content (AvgIpc) is 2.89. The SMILES string of the molecule is CC(=O)OCCOCCOCCOCCOCCOCCOCCOCCOCCNC(=O)COCC(=O)O. The van der Waals surface area contributed by atoms with Gasteiger partial charge in [-0.05, 0) is 0 Å². The zero-order chi connectivity index (χ0) is 28.7. The molecule has 0 aliphatic carbocycles. The second-order valence-corrected chi connectivity index (χ2v) is 7.48. The van der Waals surface area contributed by atoms with Gasteiger partial charge in [0.25, 0.3) is 0 Å². The molecule has 0 aromatic heterocycles. The molecule has 0 aliphatic heterocycles. The summed E-state index contributed by atoms with van der Waals surface area (Å²) in [5.74, 6) is -1.85. The fourth-order valence-corrected chi connectivity index (χ4v) is 2.43. The zero-order valence-corrected chi connectivity index (χ0v) is 22.9. The fraction of sp³-hybridized carbons (Fsp3) is 0.875. The highest BCUT2D eigenvalue weighted by Gasteiger charge is 2.03. The lowest BCUT2D eigenvalue weighted by molar-refractivity contribution is -0.144. The van der Waals surface area contributed by atoms with Crippen molar-refractivity contribution in [2.75, 3.05) is 132 Å². The van der Waals surface area contributed by atoms with Crippen LogP contribution in [0.2, 0.25) is 0 Å². The number of carboxylic acid groups (broad SMARTS) is 1. The molecular weight excluding hydrogens is 526 g/mol. The second-order valence-electron chi connectivity index (χ2n) is 7.48. The Kier molecular flexibility index (Phi) is 29.1. The quantitative estimate of drug-likeness (QED) is 0.0757. The number of hydrogen-bond donors (Lipinski definition) is 2. The van der Waals surface area contributed by atoms with E-state index in [1.807, 2.05) is 0 Å². The first-order valence-electron chi connectivity index (χ1n) is 12.8. The van der Waals surface area contributed by atoms with E-state index in [0.717, 1.165) is 0 Å². The first kappa shape index (κ1) is 37.0. The third-order valence-corrected chi connectivity index (χ3v) is 4.16. The summed E-state index contributed by atoms with van der Waals surface area (Å²) in [6, 6.07) is 0. The second kappa shape index (κ2) is 30.6. The van der Waals surface area contributed by atoms with Gasteiger partial charge in [0.2, 0.25) is 5.91 Å². The predicted molar refractivity (Wildman–Crippen MR) is 135 cm³/mol. The summed E-state index contributed by atoms with van der Waals surface area (Å²) in [6.45, 7) is 8.01. The van der Waals surface area contributed by atoms with Crippen LogP contribution in [0.3, 0.4) is 0 Å². The van der Waals surface area contributed by atoms with Crippen LogP contribution in [-0.4, -0.2) is 155 Å². The first-order valence-corrected chi connectivity index (χ1v) is 12.8. The van der Waals surface area contributed by atoms with Crippen molar-refractivity contribution in [3.63, 3.8) is 0 Å². The summed E-state index contributed by atoms with van der Waals surface area (Å²) in [4.78, 5) is 32.1. The number of aliphatic carboxylic acids is 1. The van der Waals surface area contributed by atoms with Crippen LogP contribution < -0.4 is 5.32 Å². The summed E-state index contributed by atoms with van der Waals surface area (Å²) in [7, 11) is 0. The Morgan fingerprint density at radius 2 is 0.821 bits per heavy atom. The van der Waals surface area contributed by atoms with E-state index < -0.39 is 18.5 Å². The molecule has 1 amide bonds. The zero-order valence-electron chi connectivity index (χ0n) is 22.9. The summed E-state index contributed by atoms with van der Waals surface area (Å²) in [5, 5.41) is 10.9. The molecule has 0 rings (SSSR count). The lowest BCUT2D eigenvalue weighted by Crippen LogP contribution is -2.31. The van der Waals surface area contributed by atoms with Crippen molar-refractivity contribution >= 4 is 17.8 Å². The van der Waals surface area contributed by atoms with Crippen molar-refractivity contribution in [3.8, 4) is 0 Å². The van der Waals surface area contributed by atoms with E-state index in [9.17, 15) is 14.4 Å². The molecule has 0 aromatic carbocycles. The Balaban J connectivity index is 3.10. The molecule has 0 fully saturated rings. The fourth-order valence-electron chi connectivity index (χ4n) is 2.43. The molecule has 230 valence electrons. The van der Waals surface area contributed by atoms with Crippen LogP contribution in [0.15, 0.2) is 0 Å². The van der Waals surface area contributed by atoms with Gasteiger partial charge in [-0.25, -0.2) is 4.79 Å². The number of carboxylic acids is 1. The Labute approximate surface area is 229 Å². The molecule has 0 heterocycles. The Bertz CT molecular complexity index is 581. The van der Waals surface area contributed by atoms with Gasteiger partial charge >= 0.3 is 11.9 Å². The molecule has 0 aromatic rings. The van der Waals surface area contributed by atoms with Crippen LogP contribution >= 0.6 is 0 Å². The number of ether oxygens (including phenoxy) is 10. The maximum Gasteiger partial charge on any atom is 0.329 e. The summed E-state index contributed by atoms with van der Waals surface area (Å²) < 4.78 is 52.3. The number of rotatable bonds is 31. The van der Waals surface area contributed by atoms with Crippen molar-refractivity contribution in [1.29, 1.82) is 0 Å². The predicted octanol–water partition coefficient (Wildman–Crippen LogP) is -1.10. The Morgan fingerprint density at radius 1 is 0.487 bits per heavy atom. The molecule has 15 nitrogen and oxygen atoms in total. The monoisotopic (exact) mass is 571 g/mol. The van der Waals surface area contributed by atoms with Gasteiger partial charge in [0.15, 0.2) is 0 Å². The van der Waals surface area contributed by atoms with Gasteiger partial charge in [-0.3, -0.25) is 9.59 Å². The van der Waals surface area contributed by atoms with Crippen LogP contribution in [0, 0.1) is 0 Å². The molecule has 0 spiro atoms. The first-order chi connectivity index (χ1) is 19.0. The van der Waals surface area contributed by atoms with E-state index in [0.29, 0.717) is 112 Å². The lowest BCUT2D eigenvalue weighted by atomic mass is 10.6. The Hall–Kier alpha value is -1.95. The van der Waals surface area contributed by atoms with E-state index in [-0.39, 0.29) is 19.2 Å².